The number of methoxy groups -OCH3 is 1. The van der Waals surface area contributed by atoms with Gasteiger partial charge in [0.05, 0.1) is 13.0 Å². The second-order valence-corrected chi connectivity index (χ2v) is 3.17. The lowest BCUT2D eigenvalue weighted by Crippen LogP contribution is -2.54. The highest BCUT2D eigenvalue weighted by molar-refractivity contribution is 5.70. The third-order valence-electron chi connectivity index (χ3n) is 2.44. The molecule has 3 unspecified atom stereocenters. The van der Waals surface area contributed by atoms with E-state index in [-0.39, 0.29) is 0 Å². The van der Waals surface area contributed by atoms with Crippen LogP contribution >= 0.6 is 0 Å². The first kappa shape index (κ1) is 11.4. The van der Waals surface area contributed by atoms with Gasteiger partial charge in [0.15, 0.2) is 6.23 Å². The van der Waals surface area contributed by atoms with Crippen molar-refractivity contribution in [2.24, 2.45) is 5.92 Å². The van der Waals surface area contributed by atoms with Crippen molar-refractivity contribution in [2.75, 3.05) is 20.8 Å². The fourth-order valence-corrected chi connectivity index (χ4v) is 1.66. The zero-order chi connectivity index (χ0) is 10.7. The summed E-state index contributed by atoms with van der Waals surface area (Å²) in [6, 6.07) is 0. The summed E-state index contributed by atoms with van der Waals surface area (Å²) in [4.78, 5) is 15.7. The van der Waals surface area contributed by atoms with E-state index in [1.807, 2.05) is 0 Å². The summed E-state index contributed by atoms with van der Waals surface area (Å²) in [5.74, 6) is -1.79. The van der Waals surface area contributed by atoms with Gasteiger partial charge in [-0.1, -0.05) is 0 Å². The Kier molecular flexibility index (Phi) is 3.82. The summed E-state index contributed by atoms with van der Waals surface area (Å²) in [5, 5.41) is 19.9. The van der Waals surface area contributed by atoms with E-state index in [0.29, 0.717) is 13.0 Å². The van der Waals surface area contributed by atoms with E-state index in [4.69, 9.17) is 14.7 Å². The fraction of sp³-hybridized carbons (Fsp3) is 0.875. The molecule has 6 heteroatoms. The van der Waals surface area contributed by atoms with E-state index >= 15 is 0 Å². The second kappa shape index (κ2) is 4.70. The molecule has 14 heavy (non-hydrogen) atoms. The van der Waals surface area contributed by atoms with E-state index in [1.54, 1.807) is 0 Å². The van der Waals surface area contributed by atoms with Crippen LogP contribution in [-0.2, 0) is 14.4 Å². The van der Waals surface area contributed by atoms with Gasteiger partial charge in [-0.2, -0.15) is 5.06 Å². The molecule has 0 aliphatic carbocycles. The number of nitrogens with zero attached hydrogens (tertiary/aromatic N) is 1. The Morgan fingerprint density at radius 3 is 2.57 bits per heavy atom. The van der Waals surface area contributed by atoms with Gasteiger partial charge in [0.2, 0.25) is 0 Å². The van der Waals surface area contributed by atoms with Crippen LogP contribution in [0.5, 0.6) is 0 Å². The molecular weight excluding hydrogens is 190 g/mol. The number of hydroxylamine groups is 2. The lowest BCUT2D eigenvalue weighted by Gasteiger charge is -2.38. The number of rotatable bonds is 3. The number of aliphatic carboxylic acids is 1. The van der Waals surface area contributed by atoms with Crippen molar-refractivity contribution in [3.8, 4) is 0 Å². The van der Waals surface area contributed by atoms with E-state index in [2.05, 4.69) is 0 Å². The number of carbonyl (C=O) groups is 1. The van der Waals surface area contributed by atoms with Gasteiger partial charge in [-0.15, -0.1) is 0 Å². The van der Waals surface area contributed by atoms with Crippen LogP contribution in [0, 0.1) is 5.92 Å². The van der Waals surface area contributed by atoms with Crippen LogP contribution in [0.25, 0.3) is 0 Å². The molecule has 0 aromatic rings. The molecule has 1 saturated heterocycles. The van der Waals surface area contributed by atoms with E-state index in [1.165, 1.54) is 19.3 Å². The maximum absolute atomic E-state index is 10.7. The number of carboxylic acid groups (broad SMARTS) is 1. The van der Waals surface area contributed by atoms with Crippen molar-refractivity contribution in [1.82, 2.24) is 5.06 Å². The molecule has 0 bridgehead atoms. The van der Waals surface area contributed by atoms with Crippen LogP contribution < -0.4 is 0 Å². The van der Waals surface area contributed by atoms with Gasteiger partial charge in [-0.05, 0) is 6.42 Å². The first-order valence-corrected chi connectivity index (χ1v) is 4.36. The highest BCUT2D eigenvalue weighted by Gasteiger charge is 2.41. The summed E-state index contributed by atoms with van der Waals surface area (Å²) in [6.45, 7) is 0.434. The second-order valence-electron chi connectivity index (χ2n) is 3.17. The van der Waals surface area contributed by atoms with Crippen LogP contribution in [0.4, 0.5) is 0 Å². The van der Waals surface area contributed by atoms with Crippen LogP contribution in [-0.4, -0.2) is 54.3 Å². The molecule has 0 amide bonds. The summed E-state index contributed by atoms with van der Waals surface area (Å²) in [5.41, 5.74) is 0. The van der Waals surface area contributed by atoms with Crippen molar-refractivity contribution in [3.05, 3.63) is 0 Å². The molecule has 0 aromatic heterocycles. The van der Waals surface area contributed by atoms with Crippen molar-refractivity contribution in [3.63, 3.8) is 0 Å². The molecule has 0 spiro atoms. The van der Waals surface area contributed by atoms with Crippen LogP contribution in [0.3, 0.4) is 0 Å². The third-order valence-corrected chi connectivity index (χ3v) is 2.44. The Morgan fingerprint density at radius 2 is 2.14 bits per heavy atom. The highest BCUT2D eigenvalue weighted by atomic mass is 16.7. The molecule has 1 heterocycles. The first-order chi connectivity index (χ1) is 6.61. The standard InChI is InChI=1S/C8H15NO5/c1-13-7-6(10)5(8(11)12)3-4-9(7)14-2/h5-7,10H,3-4H2,1-2H3,(H,11,12). The van der Waals surface area contributed by atoms with Crippen LogP contribution in [0.2, 0.25) is 0 Å². The molecule has 0 aromatic carbocycles. The Bertz CT molecular complexity index is 210. The first-order valence-electron chi connectivity index (χ1n) is 4.36. The number of carboxylic acids is 1. The average molecular weight is 205 g/mol. The molecule has 3 atom stereocenters. The van der Waals surface area contributed by atoms with Crippen molar-refractivity contribution in [2.45, 2.75) is 18.8 Å². The third kappa shape index (κ3) is 2.03. The Balaban J connectivity index is 2.70. The molecule has 1 aliphatic rings. The number of hydrogen-bond donors (Lipinski definition) is 2. The lowest BCUT2D eigenvalue weighted by molar-refractivity contribution is -0.280. The quantitative estimate of drug-likeness (QED) is 0.633. The monoisotopic (exact) mass is 205 g/mol. The number of piperidine rings is 1. The van der Waals surface area contributed by atoms with Gasteiger partial charge in [0.1, 0.15) is 6.10 Å². The zero-order valence-corrected chi connectivity index (χ0v) is 8.21. The van der Waals surface area contributed by atoms with Crippen molar-refractivity contribution in [1.29, 1.82) is 0 Å². The smallest absolute Gasteiger partial charge is 0.309 e. The van der Waals surface area contributed by atoms with Gasteiger partial charge in [0, 0.05) is 13.7 Å². The Morgan fingerprint density at radius 1 is 1.50 bits per heavy atom. The maximum Gasteiger partial charge on any atom is 0.309 e. The zero-order valence-electron chi connectivity index (χ0n) is 8.21. The molecule has 2 N–H and O–H groups in total. The summed E-state index contributed by atoms with van der Waals surface area (Å²) < 4.78 is 4.97. The summed E-state index contributed by atoms with van der Waals surface area (Å²) in [7, 11) is 2.87. The number of hydrogen-bond acceptors (Lipinski definition) is 5. The van der Waals surface area contributed by atoms with E-state index in [0.717, 1.165) is 0 Å². The van der Waals surface area contributed by atoms with Gasteiger partial charge in [-0.25, -0.2) is 0 Å². The van der Waals surface area contributed by atoms with Crippen LogP contribution in [0.1, 0.15) is 6.42 Å². The van der Waals surface area contributed by atoms with Gasteiger partial charge in [-0.3, -0.25) is 9.63 Å². The van der Waals surface area contributed by atoms with Crippen molar-refractivity contribution >= 4 is 5.97 Å². The highest BCUT2D eigenvalue weighted by Crippen LogP contribution is 2.24. The molecule has 0 radical (unpaired) electrons. The maximum atomic E-state index is 10.7. The minimum absolute atomic E-state index is 0.351. The molecule has 0 saturated carbocycles. The normalized spacial score (nSPS) is 34.4. The van der Waals surface area contributed by atoms with Gasteiger partial charge < -0.3 is 14.9 Å². The fourth-order valence-electron chi connectivity index (χ4n) is 1.66. The van der Waals surface area contributed by atoms with Gasteiger partial charge >= 0.3 is 5.97 Å². The van der Waals surface area contributed by atoms with Crippen LogP contribution in [0.15, 0.2) is 0 Å². The summed E-state index contributed by atoms with van der Waals surface area (Å²) in [6.07, 6.45) is -1.43. The number of ether oxygens (including phenoxy) is 1. The number of aliphatic hydroxyl groups excluding tert-OH is 1. The van der Waals surface area contributed by atoms with E-state index < -0.39 is 24.2 Å². The molecule has 1 fully saturated rings. The molecular formula is C8H15NO5. The molecule has 82 valence electrons. The summed E-state index contributed by atoms with van der Waals surface area (Å²) >= 11 is 0. The predicted octanol–water partition coefficient (Wildman–Crippen LogP) is -0.712. The van der Waals surface area contributed by atoms with Gasteiger partial charge in [0.25, 0.3) is 0 Å². The molecule has 1 rings (SSSR count). The molecule has 1 aliphatic heterocycles. The predicted molar refractivity (Wildman–Crippen MR) is 46.3 cm³/mol. The minimum atomic E-state index is -1.06. The van der Waals surface area contributed by atoms with Crippen molar-refractivity contribution < 1.29 is 24.6 Å². The molecule has 6 nitrogen and oxygen atoms in total. The SMILES string of the molecule is COC1C(O)C(C(=O)O)CCN1OC. The minimum Gasteiger partial charge on any atom is -0.481 e. The van der Waals surface area contributed by atoms with E-state index in [9.17, 15) is 9.90 Å². The number of aliphatic hydroxyl groups is 1. The largest absolute Gasteiger partial charge is 0.481 e. The Labute approximate surface area is 82.0 Å². The average Bonchev–Trinajstić information content (AvgIpc) is 2.16. The Hall–Kier alpha value is -0.690. The topological polar surface area (TPSA) is 79.2 Å². The lowest BCUT2D eigenvalue weighted by atomic mass is 9.93.